The van der Waals surface area contributed by atoms with Crippen molar-refractivity contribution in [1.29, 1.82) is 0 Å². The van der Waals surface area contributed by atoms with Crippen molar-refractivity contribution < 1.29 is 23.1 Å². The number of aromatic carboxylic acids is 1. The molecule has 0 saturated heterocycles. The molecule has 0 aliphatic rings. The molecule has 1 aromatic carbocycles. The molecule has 0 unspecified atom stereocenters. The van der Waals surface area contributed by atoms with Crippen LogP contribution in [0.3, 0.4) is 0 Å². The molecular weight excluding hydrogens is 294 g/mol. The monoisotopic (exact) mass is 315 g/mol. The third-order valence-electron chi connectivity index (χ3n) is 3.52. The average molecular weight is 315 g/mol. The smallest absolute Gasteiger partial charge is 0.335 e. The molecule has 0 bridgehead atoms. The Morgan fingerprint density at radius 1 is 1.33 bits per heavy atom. The summed E-state index contributed by atoms with van der Waals surface area (Å²) in [5.74, 6) is -1.04. The molecule has 1 aromatic rings. The van der Waals surface area contributed by atoms with Gasteiger partial charge in [-0.2, -0.15) is 4.31 Å². The molecule has 0 atom stereocenters. The molecule has 6 nitrogen and oxygen atoms in total. The number of methoxy groups -OCH3 is 1. The first kappa shape index (κ1) is 17.5. The third-order valence-corrected chi connectivity index (χ3v) is 5.46. The molecule has 0 aliphatic carbocycles. The van der Waals surface area contributed by atoms with Gasteiger partial charge >= 0.3 is 5.97 Å². The number of hydrogen-bond donors (Lipinski definition) is 1. The van der Waals surface area contributed by atoms with E-state index in [2.05, 4.69) is 0 Å². The van der Waals surface area contributed by atoms with Gasteiger partial charge in [-0.1, -0.05) is 13.8 Å². The molecule has 0 fully saturated rings. The van der Waals surface area contributed by atoms with Gasteiger partial charge in [0.15, 0.2) is 0 Å². The Labute approximate surface area is 125 Å². The summed E-state index contributed by atoms with van der Waals surface area (Å²) in [6.07, 6.45) is 1.35. The first-order chi connectivity index (χ1) is 9.79. The van der Waals surface area contributed by atoms with E-state index in [1.54, 1.807) is 0 Å². The van der Waals surface area contributed by atoms with Crippen molar-refractivity contribution >= 4 is 16.0 Å². The summed E-state index contributed by atoms with van der Waals surface area (Å²) in [7, 11) is -0.963. The maximum atomic E-state index is 12.7. The highest BCUT2D eigenvalue weighted by molar-refractivity contribution is 7.89. The second-order valence-corrected chi connectivity index (χ2v) is 6.63. The highest BCUT2D eigenvalue weighted by Crippen LogP contribution is 2.29. The molecule has 118 valence electrons. The van der Waals surface area contributed by atoms with Crippen LogP contribution in [0.1, 0.15) is 37.0 Å². The van der Waals surface area contributed by atoms with Crippen LogP contribution in [0.25, 0.3) is 0 Å². The predicted octanol–water partition coefficient (Wildman–Crippen LogP) is 2.20. The number of nitrogens with zero attached hydrogens (tertiary/aromatic N) is 1. The Kier molecular flexibility index (Phi) is 5.74. The van der Waals surface area contributed by atoms with Crippen LogP contribution in [-0.2, 0) is 10.0 Å². The standard InChI is InChI=1S/C14H21NO5S/c1-5-11(6-2)15(3)21(18,19)13-9-10(14(16)17)7-8-12(13)20-4/h7-9,11H,5-6H2,1-4H3,(H,16,17). The number of benzene rings is 1. The van der Waals surface area contributed by atoms with Crippen LogP contribution < -0.4 is 4.74 Å². The molecule has 21 heavy (non-hydrogen) atoms. The fourth-order valence-corrected chi connectivity index (χ4v) is 3.85. The lowest BCUT2D eigenvalue weighted by molar-refractivity contribution is 0.0696. The Bertz CT molecular complexity index is 608. The lowest BCUT2D eigenvalue weighted by atomic mass is 10.2. The van der Waals surface area contributed by atoms with Gasteiger partial charge in [-0.05, 0) is 31.0 Å². The van der Waals surface area contributed by atoms with Crippen LogP contribution in [0.2, 0.25) is 0 Å². The Hall–Kier alpha value is -1.60. The van der Waals surface area contributed by atoms with E-state index >= 15 is 0 Å². The van der Waals surface area contributed by atoms with Gasteiger partial charge in [0.05, 0.1) is 12.7 Å². The van der Waals surface area contributed by atoms with Crippen molar-refractivity contribution in [1.82, 2.24) is 4.31 Å². The number of hydrogen-bond acceptors (Lipinski definition) is 4. The molecular formula is C14H21NO5S. The van der Waals surface area contributed by atoms with Crippen LogP contribution in [0.15, 0.2) is 23.1 Å². The van der Waals surface area contributed by atoms with Crippen molar-refractivity contribution in [3.05, 3.63) is 23.8 Å². The van der Waals surface area contributed by atoms with Crippen LogP contribution in [-0.4, -0.2) is 44.0 Å². The van der Waals surface area contributed by atoms with Gasteiger partial charge in [0.2, 0.25) is 10.0 Å². The van der Waals surface area contributed by atoms with E-state index in [9.17, 15) is 13.2 Å². The van der Waals surface area contributed by atoms with Gasteiger partial charge in [0, 0.05) is 13.1 Å². The van der Waals surface area contributed by atoms with Crippen molar-refractivity contribution in [2.24, 2.45) is 0 Å². The number of ether oxygens (including phenoxy) is 1. The van der Waals surface area contributed by atoms with Crippen LogP contribution in [0, 0.1) is 0 Å². The molecule has 0 aromatic heterocycles. The van der Waals surface area contributed by atoms with E-state index < -0.39 is 16.0 Å². The van der Waals surface area contributed by atoms with Gasteiger partial charge < -0.3 is 9.84 Å². The van der Waals surface area contributed by atoms with E-state index in [0.717, 1.165) is 6.07 Å². The number of carboxylic acids is 1. The molecule has 7 heteroatoms. The van der Waals surface area contributed by atoms with Crippen LogP contribution >= 0.6 is 0 Å². The number of sulfonamides is 1. The van der Waals surface area contributed by atoms with E-state index in [4.69, 9.17) is 9.84 Å². The molecule has 0 aliphatic heterocycles. The van der Waals surface area contributed by atoms with Gasteiger partial charge in [0.25, 0.3) is 0 Å². The quantitative estimate of drug-likeness (QED) is 0.834. The second kappa shape index (κ2) is 6.91. The summed E-state index contributed by atoms with van der Waals surface area (Å²) in [6.45, 7) is 3.82. The maximum absolute atomic E-state index is 12.7. The molecule has 0 heterocycles. The zero-order valence-corrected chi connectivity index (χ0v) is 13.5. The van der Waals surface area contributed by atoms with Gasteiger partial charge in [-0.15, -0.1) is 0 Å². The Morgan fingerprint density at radius 2 is 1.90 bits per heavy atom. The summed E-state index contributed by atoms with van der Waals surface area (Å²) < 4.78 is 31.7. The van der Waals surface area contributed by atoms with Crippen molar-refractivity contribution in [2.45, 2.75) is 37.6 Å². The van der Waals surface area contributed by atoms with E-state index in [0.29, 0.717) is 12.8 Å². The Balaban J connectivity index is 3.41. The molecule has 0 amide bonds. The molecule has 1 N–H and O–H groups in total. The fraction of sp³-hybridized carbons (Fsp3) is 0.500. The van der Waals surface area contributed by atoms with Gasteiger partial charge in [-0.3, -0.25) is 0 Å². The fourth-order valence-electron chi connectivity index (χ4n) is 2.17. The van der Waals surface area contributed by atoms with E-state index in [1.165, 1.54) is 30.6 Å². The highest BCUT2D eigenvalue weighted by Gasteiger charge is 2.29. The largest absolute Gasteiger partial charge is 0.495 e. The van der Waals surface area contributed by atoms with Crippen LogP contribution in [0.5, 0.6) is 5.75 Å². The van der Waals surface area contributed by atoms with E-state index in [1.807, 2.05) is 13.8 Å². The van der Waals surface area contributed by atoms with Crippen molar-refractivity contribution in [3.63, 3.8) is 0 Å². The van der Waals surface area contributed by atoms with E-state index in [-0.39, 0.29) is 22.3 Å². The molecule has 0 spiro atoms. The summed E-state index contributed by atoms with van der Waals surface area (Å²) in [6, 6.07) is 3.66. The molecule has 0 saturated carbocycles. The first-order valence-electron chi connectivity index (χ1n) is 6.68. The highest BCUT2D eigenvalue weighted by atomic mass is 32.2. The summed E-state index contributed by atoms with van der Waals surface area (Å²) in [5, 5.41) is 9.03. The zero-order valence-electron chi connectivity index (χ0n) is 12.7. The topological polar surface area (TPSA) is 83.9 Å². The van der Waals surface area contributed by atoms with Crippen molar-refractivity contribution in [2.75, 3.05) is 14.2 Å². The number of carboxylic acid groups (broad SMARTS) is 1. The van der Waals surface area contributed by atoms with Gasteiger partial charge in [-0.25, -0.2) is 13.2 Å². The zero-order chi connectivity index (χ0) is 16.2. The lowest BCUT2D eigenvalue weighted by Crippen LogP contribution is -2.36. The summed E-state index contributed by atoms with van der Waals surface area (Å²) in [4.78, 5) is 10.9. The molecule has 0 radical (unpaired) electrons. The number of carbonyl (C=O) groups is 1. The van der Waals surface area contributed by atoms with Gasteiger partial charge in [0.1, 0.15) is 10.6 Å². The lowest BCUT2D eigenvalue weighted by Gasteiger charge is -2.26. The van der Waals surface area contributed by atoms with Crippen molar-refractivity contribution in [3.8, 4) is 5.75 Å². The minimum absolute atomic E-state index is 0.0904. The molecule has 1 rings (SSSR count). The summed E-state index contributed by atoms with van der Waals surface area (Å²) in [5.41, 5.74) is -0.0904. The third kappa shape index (κ3) is 3.54. The number of rotatable bonds is 7. The second-order valence-electron chi connectivity index (χ2n) is 4.66. The normalized spacial score (nSPS) is 11.9. The maximum Gasteiger partial charge on any atom is 0.335 e. The summed E-state index contributed by atoms with van der Waals surface area (Å²) >= 11 is 0. The SMILES string of the molecule is CCC(CC)N(C)S(=O)(=O)c1cc(C(=O)O)ccc1OC. The minimum atomic E-state index is -3.82. The minimum Gasteiger partial charge on any atom is -0.495 e. The van der Waals surface area contributed by atoms with Crippen LogP contribution in [0.4, 0.5) is 0 Å². The Morgan fingerprint density at radius 3 is 2.33 bits per heavy atom. The predicted molar refractivity (Wildman–Crippen MR) is 79.3 cm³/mol. The first-order valence-corrected chi connectivity index (χ1v) is 8.12. The average Bonchev–Trinajstić information content (AvgIpc) is 2.47.